The van der Waals surface area contributed by atoms with Gasteiger partial charge in [0.15, 0.2) is 0 Å². The number of rotatable bonds is 0. The zero-order chi connectivity index (χ0) is 22.4. The molecule has 6 aromatic rings. The number of fused-ring (bicyclic) bond motifs is 15. The lowest BCUT2D eigenvalue weighted by atomic mass is 9.69. The number of aromatic nitrogens is 1. The fourth-order valence-electron chi connectivity index (χ4n) is 6.78. The maximum absolute atomic E-state index is 5.07. The SMILES string of the molecule is Cc1ccc2c(c1)-c1ccccc1C21c2ccccc2-c2c1c1ncccc1c1ccccc21. The molecule has 34 heavy (non-hydrogen) atoms. The van der Waals surface area contributed by atoms with Crippen LogP contribution in [0.3, 0.4) is 0 Å². The van der Waals surface area contributed by atoms with E-state index in [1.54, 1.807) is 0 Å². The second kappa shape index (κ2) is 6.21. The second-order valence-corrected chi connectivity index (χ2v) is 9.59. The first-order valence-corrected chi connectivity index (χ1v) is 11.9. The first-order chi connectivity index (χ1) is 16.8. The van der Waals surface area contributed by atoms with Gasteiger partial charge in [0.2, 0.25) is 0 Å². The first kappa shape index (κ1) is 18.2. The molecule has 0 amide bonds. The smallest absolute Gasteiger partial charge is 0.0762 e. The van der Waals surface area contributed by atoms with Gasteiger partial charge in [0.1, 0.15) is 0 Å². The lowest BCUT2D eigenvalue weighted by Crippen LogP contribution is -2.26. The summed E-state index contributed by atoms with van der Waals surface area (Å²) < 4.78 is 0. The van der Waals surface area contributed by atoms with Crippen LogP contribution in [0, 0.1) is 6.92 Å². The van der Waals surface area contributed by atoms with Crippen molar-refractivity contribution in [2.24, 2.45) is 0 Å². The van der Waals surface area contributed by atoms with Crippen LogP contribution in [-0.2, 0) is 5.41 Å². The summed E-state index contributed by atoms with van der Waals surface area (Å²) in [4.78, 5) is 5.07. The van der Waals surface area contributed by atoms with Gasteiger partial charge in [-0.2, -0.15) is 0 Å². The van der Waals surface area contributed by atoms with Crippen LogP contribution in [0.2, 0.25) is 0 Å². The minimum absolute atomic E-state index is 0.373. The summed E-state index contributed by atoms with van der Waals surface area (Å²) in [5.74, 6) is 0. The highest BCUT2D eigenvalue weighted by molar-refractivity contribution is 6.18. The van der Waals surface area contributed by atoms with Gasteiger partial charge in [0.25, 0.3) is 0 Å². The highest BCUT2D eigenvalue weighted by Gasteiger charge is 2.53. The average Bonchev–Trinajstić information content (AvgIpc) is 3.36. The van der Waals surface area contributed by atoms with Gasteiger partial charge in [0, 0.05) is 17.1 Å². The summed E-state index contributed by atoms with van der Waals surface area (Å²) in [6, 6.07) is 38.1. The molecular formula is C33H21N. The number of pyridine rings is 1. The minimum atomic E-state index is -0.373. The molecule has 1 spiro atoms. The Balaban J connectivity index is 1.71. The van der Waals surface area contributed by atoms with Crippen LogP contribution in [0.15, 0.2) is 109 Å². The van der Waals surface area contributed by atoms with Gasteiger partial charge >= 0.3 is 0 Å². The Labute approximate surface area is 198 Å². The molecule has 0 saturated heterocycles. The molecule has 1 nitrogen and oxygen atoms in total. The highest BCUT2D eigenvalue weighted by atomic mass is 14.7. The Kier molecular flexibility index (Phi) is 3.33. The van der Waals surface area contributed by atoms with Crippen LogP contribution in [0.4, 0.5) is 0 Å². The summed E-state index contributed by atoms with van der Waals surface area (Å²) >= 11 is 0. The molecular weight excluding hydrogens is 410 g/mol. The third-order valence-electron chi connectivity index (χ3n) is 7.96. The van der Waals surface area contributed by atoms with Gasteiger partial charge in [-0.05, 0) is 62.7 Å². The van der Waals surface area contributed by atoms with Crippen molar-refractivity contribution in [2.75, 3.05) is 0 Å². The number of nitrogens with zero attached hydrogens (tertiary/aromatic N) is 1. The van der Waals surface area contributed by atoms with Crippen LogP contribution in [0.25, 0.3) is 43.9 Å². The van der Waals surface area contributed by atoms with E-state index in [0.717, 1.165) is 5.52 Å². The van der Waals surface area contributed by atoms with Crippen LogP contribution < -0.4 is 0 Å². The van der Waals surface area contributed by atoms with E-state index in [0.29, 0.717) is 0 Å². The Morgan fingerprint density at radius 2 is 1.21 bits per heavy atom. The molecule has 0 aliphatic heterocycles. The normalized spacial score (nSPS) is 17.1. The van der Waals surface area contributed by atoms with E-state index in [2.05, 4.69) is 110 Å². The quantitative estimate of drug-likeness (QED) is 0.221. The molecule has 1 atom stereocenters. The third kappa shape index (κ3) is 1.96. The Bertz CT molecular complexity index is 1830. The van der Waals surface area contributed by atoms with E-state index in [1.165, 1.54) is 66.2 Å². The van der Waals surface area contributed by atoms with Gasteiger partial charge in [-0.3, -0.25) is 4.98 Å². The van der Waals surface area contributed by atoms with E-state index >= 15 is 0 Å². The van der Waals surface area contributed by atoms with Crippen molar-refractivity contribution in [3.05, 3.63) is 137 Å². The van der Waals surface area contributed by atoms with Crippen molar-refractivity contribution in [2.45, 2.75) is 12.3 Å². The van der Waals surface area contributed by atoms with Gasteiger partial charge in [-0.25, -0.2) is 0 Å². The van der Waals surface area contributed by atoms with E-state index in [4.69, 9.17) is 4.98 Å². The van der Waals surface area contributed by atoms with Gasteiger partial charge in [-0.1, -0.05) is 103 Å². The number of benzene rings is 5. The predicted octanol–water partition coefficient (Wildman–Crippen LogP) is 8.04. The second-order valence-electron chi connectivity index (χ2n) is 9.59. The van der Waals surface area contributed by atoms with Crippen molar-refractivity contribution < 1.29 is 0 Å². The molecule has 5 aromatic carbocycles. The molecule has 0 saturated carbocycles. The zero-order valence-corrected chi connectivity index (χ0v) is 18.8. The van der Waals surface area contributed by atoms with E-state index < -0.39 is 0 Å². The lowest BCUT2D eigenvalue weighted by Gasteiger charge is -2.31. The Morgan fingerprint density at radius 3 is 2.06 bits per heavy atom. The number of hydrogen-bond acceptors (Lipinski definition) is 1. The van der Waals surface area contributed by atoms with Crippen LogP contribution >= 0.6 is 0 Å². The maximum Gasteiger partial charge on any atom is 0.0762 e. The third-order valence-corrected chi connectivity index (χ3v) is 7.96. The summed E-state index contributed by atoms with van der Waals surface area (Å²) in [6.07, 6.45) is 1.95. The molecule has 2 aliphatic carbocycles. The number of aryl methyl sites for hydroxylation is 1. The summed E-state index contributed by atoms with van der Waals surface area (Å²) in [7, 11) is 0. The molecule has 1 unspecified atom stereocenters. The van der Waals surface area contributed by atoms with E-state index in [1.807, 2.05) is 6.20 Å². The van der Waals surface area contributed by atoms with Gasteiger partial charge < -0.3 is 0 Å². The molecule has 158 valence electrons. The van der Waals surface area contributed by atoms with Crippen molar-refractivity contribution in [3.8, 4) is 22.3 Å². The van der Waals surface area contributed by atoms with Crippen molar-refractivity contribution in [1.29, 1.82) is 0 Å². The maximum atomic E-state index is 5.07. The summed E-state index contributed by atoms with van der Waals surface area (Å²) in [5.41, 5.74) is 12.8. The van der Waals surface area contributed by atoms with Crippen molar-refractivity contribution in [3.63, 3.8) is 0 Å². The molecule has 0 radical (unpaired) electrons. The molecule has 0 fully saturated rings. The largest absolute Gasteiger partial charge is 0.256 e. The van der Waals surface area contributed by atoms with Crippen molar-refractivity contribution >= 4 is 21.7 Å². The molecule has 0 N–H and O–H groups in total. The van der Waals surface area contributed by atoms with Gasteiger partial charge in [0.05, 0.1) is 10.9 Å². The molecule has 1 heteroatoms. The average molecular weight is 432 g/mol. The van der Waals surface area contributed by atoms with Crippen LogP contribution in [0.1, 0.15) is 27.8 Å². The fraction of sp³-hybridized carbons (Fsp3) is 0.0606. The fourth-order valence-corrected chi connectivity index (χ4v) is 6.78. The first-order valence-electron chi connectivity index (χ1n) is 11.9. The Hall–Kier alpha value is -4.23. The van der Waals surface area contributed by atoms with E-state index in [9.17, 15) is 0 Å². The predicted molar refractivity (Wildman–Crippen MR) is 140 cm³/mol. The van der Waals surface area contributed by atoms with Crippen LogP contribution in [0.5, 0.6) is 0 Å². The monoisotopic (exact) mass is 431 g/mol. The highest BCUT2D eigenvalue weighted by Crippen LogP contribution is 2.65. The Morgan fingerprint density at radius 1 is 0.559 bits per heavy atom. The number of hydrogen-bond donors (Lipinski definition) is 0. The molecule has 2 aliphatic rings. The molecule has 0 bridgehead atoms. The van der Waals surface area contributed by atoms with Gasteiger partial charge in [-0.15, -0.1) is 0 Å². The summed E-state index contributed by atoms with van der Waals surface area (Å²) in [5, 5.41) is 3.80. The molecule has 8 rings (SSSR count). The minimum Gasteiger partial charge on any atom is -0.256 e. The van der Waals surface area contributed by atoms with E-state index in [-0.39, 0.29) is 5.41 Å². The lowest BCUT2D eigenvalue weighted by molar-refractivity contribution is 0.799. The zero-order valence-electron chi connectivity index (χ0n) is 18.8. The molecule has 1 heterocycles. The summed E-state index contributed by atoms with van der Waals surface area (Å²) in [6.45, 7) is 2.19. The van der Waals surface area contributed by atoms with Crippen LogP contribution in [-0.4, -0.2) is 4.98 Å². The standard InChI is InChI=1S/C33H21N/c1-20-16-17-29-26(19-20)22-10-4-6-14-27(22)33(29)28-15-7-5-12-25(28)30-23-11-3-2-9-21(23)24-13-8-18-34-32(24)31(30)33/h2-19H,1H3. The topological polar surface area (TPSA) is 12.9 Å². The van der Waals surface area contributed by atoms with Crippen molar-refractivity contribution in [1.82, 2.24) is 4.98 Å². The molecule has 1 aromatic heterocycles.